The lowest BCUT2D eigenvalue weighted by atomic mass is 9.76. The molecule has 0 saturated carbocycles. The molecule has 0 radical (unpaired) electrons. The molecule has 0 unspecified atom stereocenters. The van der Waals surface area contributed by atoms with Crippen LogP contribution in [-0.2, 0) is 0 Å². The molecule has 2 N–H and O–H groups in total. The van der Waals surface area contributed by atoms with Gasteiger partial charge in [0, 0.05) is 53.9 Å². The minimum Gasteiger partial charge on any atom is -0.507 e. The topological polar surface area (TPSA) is 52.8 Å². The van der Waals surface area contributed by atoms with Crippen LogP contribution in [0.2, 0.25) is 0 Å². The molecule has 0 spiro atoms. The molecule has 0 amide bonds. The Labute approximate surface area is 211 Å². The van der Waals surface area contributed by atoms with Gasteiger partial charge in [0.25, 0.3) is 0 Å². The minimum atomic E-state index is 0.259. The van der Waals surface area contributed by atoms with Crippen molar-refractivity contribution in [2.45, 2.75) is 34.6 Å². The van der Waals surface area contributed by atoms with Crippen LogP contribution in [0.5, 0.6) is 11.5 Å². The first-order valence-electron chi connectivity index (χ1n) is 12.8. The van der Waals surface area contributed by atoms with Crippen molar-refractivity contribution in [3.8, 4) is 11.5 Å². The highest BCUT2D eigenvalue weighted by atomic mass is 16.3. The van der Waals surface area contributed by atoms with Crippen molar-refractivity contribution in [2.24, 2.45) is 4.99 Å². The van der Waals surface area contributed by atoms with Gasteiger partial charge in [0.1, 0.15) is 11.5 Å². The molecule has 0 aromatic heterocycles. The number of phenols is 2. The van der Waals surface area contributed by atoms with Gasteiger partial charge in [-0.25, -0.2) is 4.99 Å². The van der Waals surface area contributed by atoms with Gasteiger partial charge >= 0.3 is 0 Å². The molecule has 1 heterocycles. The summed E-state index contributed by atoms with van der Waals surface area (Å²) in [4.78, 5) is 5.12. The van der Waals surface area contributed by atoms with Gasteiger partial charge in [0.05, 0.1) is 11.0 Å². The highest BCUT2D eigenvalue weighted by molar-refractivity contribution is 6.51. The lowest BCUT2D eigenvalue weighted by Gasteiger charge is -2.26. The van der Waals surface area contributed by atoms with Gasteiger partial charge in [0.15, 0.2) is 0 Å². The lowest BCUT2D eigenvalue weighted by Crippen LogP contribution is -2.10. The zero-order chi connectivity index (χ0) is 25.4. The molecular weight excluding hydrogens is 454 g/mol. The molecule has 3 heteroatoms. The molecule has 176 valence electrons. The molecule has 0 aliphatic carbocycles. The van der Waals surface area contributed by atoms with Gasteiger partial charge in [-0.05, 0) is 107 Å². The van der Waals surface area contributed by atoms with Crippen LogP contribution >= 0.6 is 0 Å². The van der Waals surface area contributed by atoms with Crippen molar-refractivity contribution in [3.63, 3.8) is 0 Å². The Morgan fingerprint density at radius 3 is 1.68 bits per heavy atom. The van der Waals surface area contributed by atoms with Gasteiger partial charge in [0.2, 0.25) is 0 Å². The van der Waals surface area contributed by atoms with Crippen LogP contribution in [0, 0.1) is 34.6 Å². The predicted molar refractivity (Wildman–Crippen MR) is 156 cm³/mol. The zero-order valence-corrected chi connectivity index (χ0v) is 21.4. The van der Waals surface area contributed by atoms with Crippen LogP contribution in [0.25, 0.3) is 82.0 Å². The number of hydrogen-bond acceptors (Lipinski definition) is 3. The van der Waals surface area contributed by atoms with E-state index in [0.717, 1.165) is 81.4 Å². The van der Waals surface area contributed by atoms with Crippen LogP contribution < -0.4 is 10.6 Å². The predicted octanol–water partition coefficient (Wildman–Crippen LogP) is 7.70. The first kappa shape index (κ1) is 19.8. The van der Waals surface area contributed by atoms with Crippen LogP contribution in [0.4, 0.5) is 5.69 Å². The van der Waals surface area contributed by atoms with E-state index in [9.17, 15) is 10.2 Å². The molecule has 8 aromatic rings. The number of aromatic hydroxyl groups is 2. The van der Waals surface area contributed by atoms with E-state index >= 15 is 0 Å². The average Bonchev–Trinajstić information content (AvgIpc) is 3.18. The Hall–Kier alpha value is -4.37. The summed E-state index contributed by atoms with van der Waals surface area (Å²) in [6.07, 6.45) is 0. The molecule has 3 nitrogen and oxygen atoms in total. The molecular formula is C34H23NO2. The number of phenolic OH excluding ortho intramolecular Hbond substituents is 2. The normalized spacial score (nSPS) is 13.5. The quantitative estimate of drug-likeness (QED) is 0.174. The monoisotopic (exact) mass is 477 g/mol. The third kappa shape index (κ3) is 1.82. The summed E-state index contributed by atoms with van der Waals surface area (Å²) >= 11 is 0. The third-order valence-electron chi connectivity index (χ3n) is 9.30. The van der Waals surface area contributed by atoms with E-state index < -0.39 is 0 Å². The molecule has 37 heavy (non-hydrogen) atoms. The van der Waals surface area contributed by atoms with Gasteiger partial charge < -0.3 is 10.2 Å². The molecule has 1 aliphatic rings. The number of aryl methyl sites for hydroxylation is 5. The van der Waals surface area contributed by atoms with Gasteiger partial charge in [-0.15, -0.1) is 0 Å². The summed E-state index contributed by atoms with van der Waals surface area (Å²) in [5.74, 6) is 0.556. The van der Waals surface area contributed by atoms with Gasteiger partial charge in [-0.3, -0.25) is 0 Å². The molecule has 9 rings (SSSR count). The minimum absolute atomic E-state index is 0.259. The fraction of sp³-hybridized carbons (Fsp3) is 0.147. The Balaban J connectivity index is 1.92. The third-order valence-corrected chi connectivity index (χ3v) is 9.30. The van der Waals surface area contributed by atoms with Crippen molar-refractivity contribution >= 4 is 87.7 Å². The number of rotatable bonds is 0. The van der Waals surface area contributed by atoms with Crippen LogP contribution in [0.1, 0.15) is 27.8 Å². The largest absolute Gasteiger partial charge is 0.507 e. The summed E-state index contributed by atoms with van der Waals surface area (Å²) in [6.45, 7) is 15.2. The molecule has 0 bridgehead atoms. The SMILES string of the molecule is C=c1c2c(C)cc(C)c3c4c(O)cc(C)c5c(O)c6c(C)cc7c8c9c(cc(C)c1c9c(c23)c(c54)c68)N=7. The van der Waals surface area contributed by atoms with Crippen molar-refractivity contribution in [1.82, 2.24) is 0 Å². The zero-order valence-electron chi connectivity index (χ0n) is 21.4. The summed E-state index contributed by atoms with van der Waals surface area (Å²) in [6, 6.07) is 8.35. The summed E-state index contributed by atoms with van der Waals surface area (Å²) in [5.41, 5.74) is 6.39. The molecule has 1 aliphatic heterocycles. The van der Waals surface area contributed by atoms with E-state index in [4.69, 9.17) is 4.99 Å². The average molecular weight is 478 g/mol. The summed E-state index contributed by atoms with van der Waals surface area (Å²) in [5, 5.41) is 40.4. The van der Waals surface area contributed by atoms with E-state index in [-0.39, 0.29) is 5.75 Å². The molecule has 8 aromatic carbocycles. The van der Waals surface area contributed by atoms with Crippen LogP contribution in [0.15, 0.2) is 29.3 Å². The molecule has 0 fully saturated rings. The van der Waals surface area contributed by atoms with Crippen molar-refractivity contribution in [1.29, 1.82) is 0 Å². The molecule has 0 atom stereocenters. The Morgan fingerprint density at radius 2 is 0.973 bits per heavy atom. The lowest BCUT2D eigenvalue weighted by molar-refractivity contribution is 0.481. The van der Waals surface area contributed by atoms with Crippen molar-refractivity contribution in [2.75, 3.05) is 0 Å². The van der Waals surface area contributed by atoms with Crippen molar-refractivity contribution < 1.29 is 10.2 Å². The first-order chi connectivity index (χ1) is 17.7. The second-order valence-electron chi connectivity index (χ2n) is 11.3. The van der Waals surface area contributed by atoms with Crippen LogP contribution in [0.3, 0.4) is 0 Å². The van der Waals surface area contributed by atoms with Crippen molar-refractivity contribution in [3.05, 3.63) is 62.7 Å². The summed E-state index contributed by atoms with van der Waals surface area (Å²) in [7, 11) is 0. The summed E-state index contributed by atoms with van der Waals surface area (Å²) < 4.78 is 0. The Morgan fingerprint density at radius 1 is 0.486 bits per heavy atom. The van der Waals surface area contributed by atoms with Crippen LogP contribution in [-0.4, -0.2) is 10.2 Å². The fourth-order valence-electron chi connectivity index (χ4n) is 8.16. The molecule has 0 saturated heterocycles. The Bertz CT molecular complexity index is 2540. The smallest absolute Gasteiger partial charge is 0.131 e. The number of hydrogen-bond donors (Lipinski definition) is 2. The van der Waals surface area contributed by atoms with E-state index in [1.165, 1.54) is 38.1 Å². The van der Waals surface area contributed by atoms with Gasteiger partial charge in [-0.2, -0.15) is 0 Å². The van der Waals surface area contributed by atoms with E-state index in [2.05, 4.69) is 52.5 Å². The standard InChI is InChI=1S/C34H23NO2/c1-11-7-12(2)22-27-19(36)10-15(5)24-31(27)33-30-23(34(24)37)14(4)9-18-26(30)25-17(35-18)8-13(3)21-16(6)20(11)28(22)32(33)29(21)25/h7-10,36-37H,6H2,1-5H3. The van der Waals surface area contributed by atoms with E-state index in [1.54, 1.807) is 0 Å². The maximum Gasteiger partial charge on any atom is 0.131 e. The maximum atomic E-state index is 11.9. The maximum absolute atomic E-state index is 11.9. The van der Waals surface area contributed by atoms with E-state index in [0.29, 0.717) is 5.75 Å². The van der Waals surface area contributed by atoms with E-state index in [1.807, 2.05) is 13.0 Å². The Kier molecular flexibility index (Phi) is 3.01. The number of benzene rings is 8. The van der Waals surface area contributed by atoms with Gasteiger partial charge in [-0.1, -0.05) is 12.6 Å². The second-order valence-corrected chi connectivity index (χ2v) is 11.3. The first-order valence-corrected chi connectivity index (χ1v) is 12.8. The fourth-order valence-corrected chi connectivity index (χ4v) is 8.16. The highest BCUT2D eigenvalue weighted by Gasteiger charge is 2.31. The number of nitrogens with zero attached hydrogens (tertiary/aromatic N) is 1. The number of fused-ring (bicyclic) bond motifs is 1. The second kappa shape index (κ2) is 5.63. The highest BCUT2D eigenvalue weighted by Crippen LogP contribution is 2.57.